The number of carbonyl (C=O) groups is 1. The van der Waals surface area contributed by atoms with Crippen LogP contribution in [-0.4, -0.2) is 29.8 Å². The first-order chi connectivity index (χ1) is 23.4. The normalized spacial score (nSPS) is 15.9. The molecule has 6 aromatic carbocycles. The van der Waals surface area contributed by atoms with Crippen LogP contribution in [-0.2, 0) is 13.0 Å². The molecule has 0 saturated carbocycles. The van der Waals surface area contributed by atoms with Crippen molar-refractivity contribution in [3.05, 3.63) is 173 Å². The van der Waals surface area contributed by atoms with Gasteiger partial charge >= 0.3 is 0 Å². The molecule has 1 aliphatic rings. The Morgan fingerprint density at radius 2 is 1.33 bits per heavy atom. The number of benzene rings is 6. The van der Waals surface area contributed by atoms with Crippen molar-refractivity contribution in [2.45, 2.75) is 44.6 Å². The highest BCUT2D eigenvalue weighted by Gasteiger charge is 2.38. The summed E-state index contributed by atoms with van der Waals surface area (Å²) in [7, 11) is 4.18. The summed E-state index contributed by atoms with van der Waals surface area (Å²) in [6, 6.07) is 47.0. The van der Waals surface area contributed by atoms with Crippen molar-refractivity contribution in [2.75, 3.05) is 14.1 Å². The third-order valence-corrected chi connectivity index (χ3v) is 9.76. The van der Waals surface area contributed by atoms with E-state index in [1.54, 1.807) is 0 Å². The lowest BCUT2D eigenvalue weighted by atomic mass is 9.68. The number of pyridine rings is 1. The Labute approximate surface area is 283 Å². The fraction of sp³-hybridized carbons (Fsp3) is 0.200. The Balaban J connectivity index is 0.000000310. The van der Waals surface area contributed by atoms with Crippen LogP contribution < -0.4 is 0 Å². The summed E-state index contributed by atoms with van der Waals surface area (Å²) in [5, 5.41) is 5.85. The number of fused-ring (bicyclic) bond motifs is 6. The number of para-hydroxylation sites is 1. The molecule has 0 amide bonds. The molecule has 1 aliphatic carbocycles. The van der Waals surface area contributed by atoms with Gasteiger partial charge in [0.2, 0.25) is 0 Å². The van der Waals surface area contributed by atoms with Gasteiger partial charge in [0.15, 0.2) is 5.78 Å². The number of hydrogen-bond donors (Lipinski definition) is 0. The van der Waals surface area contributed by atoms with E-state index in [9.17, 15) is 4.79 Å². The van der Waals surface area contributed by atoms with Crippen molar-refractivity contribution in [1.29, 1.82) is 0 Å². The Hall–Kier alpha value is -5.12. The van der Waals surface area contributed by atoms with Gasteiger partial charge in [-0.25, -0.2) is 0 Å². The smallest absolute Gasteiger partial charge is 0.171 e. The highest BCUT2D eigenvalue weighted by molar-refractivity contribution is 6.18. The van der Waals surface area contributed by atoms with E-state index < -0.39 is 0 Å². The van der Waals surface area contributed by atoms with E-state index in [0.717, 1.165) is 45.9 Å². The van der Waals surface area contributed by atoms with Gasteiger partial charge in [0.25, 0.3) is 0 Å². The number of carbonyl (C=O) groups excluding carboxylic acids is 1. The molecular formula is C45H42N2O. The summed E-state index contributed by atoms with van der Waals surface area (Å²) < 4.78 is 0. The molecule has 8 rings (SSSR count). The van der Waals surface area contributed by atoms with Crippen LogP contribution >= 0.6 is 0 Å². The summed E-state index contributed by atoms with van der Waals surface area (Å²) >= 11 is 0. The minimum Gasteiger partial charge on any atom is -0.305 e. The van der Waals surface area contributed by atoms with Gasteiger partial charge in [-0.1, -0.05) is 135 Å². The molecule has 238 valence electrons. The molecule has 0 bridgehead atoms. The predicted octanol–water partition coefficient (Wildman–Crippen LogP) is 10.7. The SMILES string of the molecule is CC(C)c1ccc(C2C(=O)c3c(ccc4c3ccc3ccccc34)CC2c2ccc(CN(C)C)cc2)cc1.c1ccc2ncccc2c1. The Kier molecular flexibility index (Phi) is 8.88. The second kappa shape index (κ2) is 13.5. The Bertz CT molecular complexity index is 2150. The van der Waals surface area contributed by atoms with Crippen molar-refractivity contribution >= 4 is 38.2 Å². The predicted molar refractivity (Wildman–Crippen MR) is 201 cm³/mol. The summed E-state index contributed by atoms with van der Waals surface area (Å²) in [6.07, 6.45) is 2.66. The molecule has 1 heterocycles. The van der Waals surface area contributed by atoms with E-state index in [0.29, 0.717) is 5.92 Å². The summed E-state index contributed by atoms with van der Waals surface area (Å²) in [5.41, 5.74) is 8.08. The van der Waals surface area contributed by atoms with Crippen molar-refractivity contribution in [1.82, 2.24) is 9.88 Å². The fourth-order valence-corrected chi connectivity index (χ4v) is 7.32. The van der Waals surface area contributed by atoms with Gasteiger partial charge < -0.3 is 4.90 Å². The number of aromatic nitrogens is 1. The molecule has 3 nitrogen and oxygen atoms in total. The second-order valence-electron chi connectivity index (χ2n) is 13.6. The van der Waals surface area contributed by atoms with Gasteiger partial charge in [-0.2, -0.15) is 0 Å². The van der Waals surface area contributed by atoms with E-state index in [1.165, 1.54) is 32.8 Å². The molecule has 0 fully saturated rings. The van der Waals surface area contributed by atoms with Crippen molar-refractivity contribution in [3.8, 4) is 0 Å². The lowest BCUT2D eigenvalue weighted by molar-refractivity contribution is 0.0937. The lowest BCUT2D eigenvalue weighted by Crippen LogP contribution is -2.29. The van der Waals surface area contributed by atoms with Crippen LogP contribution in [0.1, 0.15) is 69.8 Å². The standard InChI is InChI=1S/C36H35NO.C9H7N/c1-23(2)25-13-15-28(16-14-25)34-33(27-11-9-24(10-12-27)22-37(3)4)21-29-18-19-31-30-8-6-5-7-26(30)17-20-32(31)35(29)36(34)38;1-2-6-9-8(4-1)5-3-7-10-9/h5-20,23,33-34H,21-22H2,1-4H3;1-7H. The first-order valence-electron chi connectivity index (χ1n) is 17.0. The van der Waals surface area contributed by atoms with Crippen LogP contribution in [0.3, 0.4) is 0 Å². The van der Waals surface area contributed by atoms with E-state index in [1.807, 2.05) is 30.5 Å². The fourth-order valence-electron chi connectivity index (χ4n) is 7.32. The molecule has 48 heavy (non-hydrogen) atoms. The lowest BCUT2D eigenvalue weighted by Gasteiger charge is -2.34. The molecule has 0 N–H and O–H groups in total. The zero-order valence-corrected chi connectivity index (χ0v) is 28.2. The second-order valence-corrected chi connectivity index (χ2v) is 13.6. The molecule has 0 saturated heterocycles. The first-order valence-corrected chi connectivity index (χ1v) is 17.0. The van der Waals surface area contributed by atoms with E-state index in [4.69, 9.17) is 0 Å². The molecule has 0 radical (unpaired) electrons. The maximum atomic E-state index is 14.6. The maximum absolute atomic E-state index is 14.6. The maximum Gasteiger partial charge on any atom is 0.171 e. The van der Waals surface area contributed by atoms with Crippen molar-refractivity contribution < 1.29 is 4.79 Å². The molecular weight excluding hydrogens is 585 g/mol. The Morgan fingerprint density at radius 1 is 0.667 bits per heavy atom. The molecule has 0 aliphatic heterocycles. The number of ketones is 1. The van der Waals surface area contributed by atoms with Crippen LogP contribution in [0.25, 0.3) is 32.4 Å². The molecule has 2 atom stereocenters. The largest absolute Gasteiger partial charge is 0.305 e. The minimum absolute atomic E-state index is 0.103. The molecule has 3 heteroatoms. The topological polar surface area (TPSA) is 33.2 Å². The number of rotatable bonds is 5. The van der Waals surface area contributed by atoms with E-state index in [-0.39, 0.29) is 17.6 Å². The highest BCUT2D eigenvalue weighted by atomic mass is 16.1. The summed E-state index contributed by atoms with van der Waals surface area (Å²) in [5.74, 6) is 0.600. The van der Waals surface area contributed by atoms with Crippen LogP contribution in [0.15, 0.2) is 140 Å². The summed E-state index contributed by atoms with van der Waals surface area (Å²) in [4.78, 5) is 20.9. The minimum atomic E-state index is -0.208. The third-order valence-electron chi connectivity index (χ3n) is 9.76. The number of hydrogen-bond acceptors (Lipinski definition) is 3. The van der Waals surface area contributed by atoms with E-state index >= 15 is 0 Å². The average molecular weight is 627 g/mol. The van der Waals surface area contributed by atoms with Crippen LogP contribution in [0.5, 0.6) is 0 Å². The number of Topliss-reactive ketones (excluding diaryl/α,β-unsaturated/α-hetero) is 1. The first kappa shape index (κ1) is 31.5. The van der Waals surface area contributed by atoms with Crippen LogP contribution in [0.2, 0.25) is 0 Å². The zero-order chi connectivity index (χ0) is 33.2. The average Bonchev–Trinajstić information content (AvgIpc) is 3.11. The molecule has 7 aromatic rings. The van der Waals surface area contributed by atoms with Crippen molar-refractivity contribution in [2.24, 2.45) is 0 Å². The molecule has 1 aromatic heterocycles. The molecule has 2 unspecified atom stereocenters. The highest BCUT2D eigenvalue weighted by Crippen LogP contribution is 2.45. The third kappa shape index (κ3) is 6.26. The van der Waals surface area contributed by atoms with Gasteiger partial charge in [0, 0.05) is 29.6 Å². The van der Waals surface area contributed by atoms with Gasteiger partial charge in [0.05, 0.1) is 11.4 Å². The summed E-state index contributed by atoms with van der Waals surface area (Å²) in [6.45, 7) is 5.34. The van der Waals surface area contributed by atoms with Crippen LogP contribution in [0, 0.1) is 0 Å². The van der Waals surface area contributed by atoms with Gasteiger partial charge in [-0.05, 0) is 87.9 Å². The molecule has 0 spiro atoms. The number of nitrogens with zero attached hydrogens (tertiary/aromatic N) is 2. The Morgan fingerprint density at radius 3 is 2.06 bits per heavy atom. The van der Waals surface area contributed by atoms with Crippen LogP contribution in [0.4, 0.5) is 0 Å². The monoisotopic (exact) mass is 626 g/mol. The van der Waals surface area contributed by atoms with Gasteiger partial charge in [0.1, 0.15) is 0 Å². The van der Waals surface area contributed by atoms with E-state index in [2.05, 4.69) is 147 Å². The van der Waals surface area contributed by atoms with Crippen molar-refractivity contribution in [3.63, 3.8) is 0 Å². The van der Waals surface area contributed by atoms with Gasteiger partial charge in [-0.15, -0.1) is 0 Å². The zero-order valence-electron chi connectivity index (χ0n) is 28.2. The van der Waals surface area contributed by atoms with Gasteiger partial charge in [-0.3, -0.25) is 9.78 Å². The quantitative estimate of drug-likeness (QED) is 0.178.